The van der Waals surface area contributed by atoms with Crippen LogP contribution in [0.3, 0.4) is 0 Å². The second kappa shape index (κ2) is 9.56. The van der Waals surface area contributed by atoms with Crippen molar-refractivity contribution in [2.24, 2.45) is 5.92 Å². The Morgan fingerprint density at radius 1 is 1.46 bits per heavy atom. The topological polar surface area (TPSA) is 93.4 Å². The summed E-state index contributed by atoms with van der Waals surface area (Å²) in [5.41, 5.74) is 2.78. The lowest BCUT2D eigenvalue weighted by atomic mass is 10.0. The van der Waals surface area contributed by atoms with E-state index in [0.717, 1.165) is 42.9 Å². The Morgan fingerprint density at radius 3 is 2.71 bits per heavy atom. The first-order chi connectivity index (χ1) is 13.3. The predicted octanol–water partition coefficient (Wildman–Crippen LogP) is 2.50. The summed E-state index contributed by atoms with van der Waals surface area (Å²) in [6, 6.07) is 3.09. The van der Waals surface area contributed by atoms with Crippen molar-refractivity contribution in [3.05, 3.63) is 28.6 Å². The van der Waals surface area contributed by atoms with Crippen molar-refractivity contribution < 1.29 is 19.1 Å². The summed E-state index contributed by atoms with van der Waals surface area (Å²) in [7, 11) is 1.27. The highest BCUT2D eigenvalue weighted by molar-refractivity contribution is 6.03. The minimum Gasteiger partial charge on any atom is -0.467 e. The van der Waals surface area contributed by atoms with Gasteiger partial charge in [-0.2, -0.15) is 5.26 Å². The van der Waals surface area contributed by atoms with E-state index in [4.69, 9.17) is 9.47 Å². The van der Waals surface area contributed by atoms with Crippen LogP contribution in [0.2, 0.25) is 0 Å². The molecule has 152 valence electrons. The molecule has 7 nitrogen and oxygen atoms in total. The molecule has 2 heterocycles. The Hall–Kier alpha value is -2.59. The third-order valence-corrected chi connectivity index (χ3v) is 5.10. The van der Waals surface area contributed by atoms with Crippen LogP contribution in [0.1, 0.15) is 43.6 Å². The summed E-state index contributed by atoms with van der Waals surface area (Å²) in [5.74, 6) is -1.28. The molecule has 2 unspecified atom stereocenters. The molecule has 7 heteroatoms. The maximum Gasteiger partial charge on any atom is 0.328 e. The van der Waals surface area contributed by atoms with E-state index in [1.54, 1.807) is 19.9 Å². The minimum atomic E-state index is -0.804. The van der Waals surface area contributed by atoms with Crippen molar-refractivity contribution in [3.8, 4) is 6.07 Å². The molecule has 28 heavy (non-hydrogen) atoms. The monoisotopic (exact) mass is 387 g/mol. The standard InChI is InChI=1S/C21H29N3O4/c1-13(2)19(21(26)27-5)23-20(25)17(11-22)10-16-9-14(3)24(15(16)4)12-18-7-6-8-28-18/h9-10,13,18-19H,6-8,12H2,1-5H3,(H,23,25)/b17-10+. The number of nitrogens with zero attached hydrogens (tertiary/aromatic N) is 2. The smallest absolute Gasteiger partial charge is 0.328 e. The van der Waals surface area contributed by atoms with E-state index >= 15 is 0 Å². The second-order valence-electron chi connectivity index (χ2n) is 7.46. The van der Waals surface area contributed by atoms with Gasteiger partial charge in [-0.25, -0.2) is 4.79 Å². The Morgan fingerprint density at radius 2 is 2.18 bits per heavy atom. The van der Waals surface area contributed by atoms with Gasteiger partial charge in [-0.3, -0.25) is 4.79 Å². The molecule has 1 aliphatic rings. The Labute approximate surface area is 166 Å². The van der Waals surface area contributed by atoms with E-state index < -0.39 is 17.9 Å². The average Bonchev–Trinajstić information content (AvgIpc) is 3.27. The van der Waals surface area contributed by atoms with Gasteiger partial charge in [0.25, 0.3) is 5.91 Å². The highest BCUT2D eigenvalue weighted by Crippen LogP contribution is 2.22. The van der Waals surface area contributed by atoms with E-state index in [-0.39, 0.29) is 17.6 Å². The summed E-state index contributed by atoms with van der Waals surface area (Å²) in [6.07, 6.45) is 3.88. The normalized spacial score (nSPS) is 18.0. The first-order valence-electron chi connectivity index (χ1n) is 9.57. The number of rotatable bonds is 7. The number of amides is 1. The van der Waals surface area contributed by atoms with Crippen molar-refractivity contribution in [1.29, 1.82) is 5.26 Å². The number of nitriles is 1. The molecule has 1 saturated heterocycles. The summed E-state index contributed by atoms with van der Waals surface area (Å²) in [5, 5.41) is 12.1. The quantitative estimate of drug-likeness (QED) is 0.441. The van der Waals surface area contributed by atoms with E-state index in [0.29, 0.717) is 0 Å². The summed E-state index contributed by atoms with van der Waals surface area (Å²) in [6.45, 7) is 9.13. The molecule has 1 N–H and O–H groups in total. The highest BCUT2D eigenvalue weighted by Gasteiger charge is 2.26. The van der Waals surface area contributed by atoms with Crippen molar-refractivity contribution in [3.63, 3.8) is 0 Å². The first-order valence-corrected chi connectivity index (χ1v) is 9.57. The van der Waals surface area contributed by atoms with Gasteiger partial charge in [0.1, 0.15) is 17.7 Å². The Balaban J connectivity index is 2.22. The number of aromatic nitrogens is 1. The number of carbonyl (C=O) groups is 2. The van der Waals surface area contributed by atoms with Gasteiger partial charge in [0.2, 0.25) is 0 Å². The van der Waals surface area contributed by atoms with Gasteiger partial charge in [-0.05, 0) is 50.3 Å². The minimum absolute atomic E-state index is 0.0491. The molecular weight excluding hydrogens is 358 g/mol. The molecule has 1 aromatic heterocycles. The maximum atomic E-state index is 12.6. The zero-order chi connectivity index (χ0) is 20.8. The van der Waals surface area contributed by atoms with Crippen LogP contribution in [0.5, 0.6) is 0 Å². The van der Waals surface area contributed by atoms with Gasteiger partial charge in [-0.1, -0.05) is 13.8 Å². The molecule has 0 aromatic carbocycles. The number of carbonyl (C=O) groups excluding carboxylic acids is 2. The molecule has 1 aromatic rings. The summed E-state index contributed by atoms with van der Waals surface area (Å²) >= 11 is 0. The molecule has 1 aliphatic heterocycles. The SMILES string of the molecule is COC(=O)C(NC(=O)/C(C#N)=C/c1cc(C)n(CC2CCCO2)c1C)C(C)C. The van der Waals surface area contributed by atoms with Crippen LogP contribution in [0.15, 0.2) is 11.6 Å². The van der Waals surface area contributed by atoms with E-state index in [9.17, 15) is 14.9 Å². The Bertz CT molecular complexity index is 795. The van der Waals surface area contributed by atoms with Gasteiger partial charge in [0.15, 0.2) is 0 Å². The van der Waals surface area contributed by atoms with Crippen molar-refractivity contribution in [2.45, 2.75) is 59.2 Å². The third-order valence-electron chi connectivity index (χ3n) is 5.10. The van der Waals surface area contributed by atoms with Gasteiger partial charge in [-0.15, -0.1) is 0 Å². The van der Waals surface area contributed by atoms with E-state index in [2.05, 4.69) is 9.88 Å². The number of ether oxygens (including phenoxy) is 2. The lowest BCUT2D eigenvalue weighted by Crippen LogP contribution is -2.45. The molecule has 0 bridgehead atoms. The number of hydrogen-bond donors (Lipinski definition) is 1. The van der Waals surface area contributed by atoms with Gasteiger partial charge in [0.05, 0.1) is 13.2 Å². The molecule has 2 atom stereocenters. The van der Waals surface area contributed by atoms with E-state index in [1.807, 2.05) is 26.0 Å². The lowest BCUT2D eigenvalue weighted by molar-refractivity contribution is -0.145. The summed E-state index contributed by atoms with van der Waals surface area (Å²) in [4.78, 5) is 24.4. The van der Waals surface area contributed by atoms with Crippen LogP contribution < -0.4 is 5.32 Å². The van der Waals surface area contributed by atoms with Gasteiger partial charge in [0, 0.05) is 24.5 Å². The predicted molar refractivity (Wildman–Crippen MR) is 105 cm³/mol. The van der Waals surface area contributed by atoms with Gasteiger partial charge >= 0.3 is 5.97 Å². The van der Waals surface area contributed by atoms with Crippen molar-refractivity contribution in [1.82, 2.24) is 9.88 Å². The number of methoxy groups -OCH3 is 1. The molecule has 0 aliphatic carbocycles. The number of aryl methyl sites for hydroxylation is 1. The summed E-state index contributed by atoms with van der Waals surface area (Å²) < 4.78 is 12.6. The molecule has 0 saturated carbocycles. The second-order valence-corrected chi connectivity index (χ2v) is 7.46. The molecule has 0 spiro atoms. The average molecular weight is 387 g/mol. The lowest BCUT2D eigenvalue weighted by Gasteiger charge is -2.19. The molecule has 1 fully saturated rings. The molecular formula is C21H29N3O4. The zero-order valence-corrected chi connectivity index (χ0v) is 17.2. The molecule has 0 radical (unpaired) electrons. The number of hydrogen-bond acceptors (Lipinski definition) is 5. The van der Waals surface area contributed by atoms with Crippen LogP contribution in [-0.4, -0.2) is 42.3 Å². The van der Waals surface area contributed by atoms with Crippen LogP contribution in [0, 0.1) is 31.1 Å². The maximum absolute atomic E-state index is 12.6. The zero-order valence-electron chi connectivity index (χ0n) is 17.2. The third kappa shape index (κ3) is 5.02. The Kier molecular flexibility index (Phi) is 7.41. The number of esters is 1. The highest BCUT2D eigenvalue weighted by atomic mass is 16.5. The van der Waals surface area contributed by atoms with Gasteiger partial charge < -0.3 is 19.4 Å². The van der Waals surface area contributed by atoms with E-state index in [1.165, 1.54) is 7.11 Å². The number of nitrogens with one attached hydrogen (secondary N) is 1. The fourth-order valence-electron chi connectivity index (χ4n) is 3.39. The van der Waals surface area contributed by atoms with Crippen LogP contribution in [0.4, 0.5) is 0 Å². The first kappa shape index (κ1) is 21.7. The fraction of sp³-hybridized carbons (Fsp3) is 0.571. The van der Waals surface area contributed by atoms with Crippen molar-refractivity contribution >= 4 is 18.0 Å². The largest absolute Gasteiger partial charge is 0.467 e. The molecule has 2 rings (SSSR count). The van der Waals surface area contributed by atoms with Crippen LogP contribution >= 0.6 is 0 Å². The van der Waals surface area contributed by atoms with Crippen LogP contribution in [0.25, 0.3) is 6.08 Å². The molecule has 1 amide bonds. The van der Waals surface area contributed by atoms with Crippen molar-refractivity contribution in [2.75, 3.05) is 13.7 Å². The van der Waals surface area contributed by atoms with Crippen LogP contribution in [-0.2, 0) is 25.6 Å². The fourth-order valence-corrected chi connectivity index (χ4v) is 3.39.